The van der Waals surface area contributed by atoms with E-state index in [1.807, 2.05) is 30.3 Å². The summed E-state index contributed by atoms with van der Waals surface area (Å²) in [5.74, 6) is -2.38. The first-order chi connectivity index (χ1) is 10.9. The van der Waals surface area contributed by atoms with Crippen molar-refractivity contribution in [3.8, 4) is 0 Å². The fraction of sp³-hybridized carbons (Fsp3) is 0.333. The van der Waals surface area contributed by atoms with Crippen LogP contribution < -0.4 is 5.73 Å². The maximum absolute atomic E-state index is 12.4. The number of rotatable bonds is 6. The highest BCUT2D eigenvalue weighted by molar-refractivity contribution is 5.75. The molecular formula is C15H15F3N2O3. The zero-order valence-electron chi connectivity index (χ0n) is 12.0. The summed E-state index contributed by atoms with van der Waals surface area (Å²) in [6.45, 7) is 0. The molecule has 0 saturated carbocycles. The lowest BCUT2D eigenvalue weighted by atomic mass is 10.0. The summed E-state index contributed by atoms with van der Waals surface area (Å²) >= 11 is 0. The van der Waals surface area contributed by atoms with Gasteiger partial charge in [-0.1, -0.05) is 30.3 Å². The van der Waals surface area contributed by atoms with E-state index in [0.717, 1.165) is 5.56 Å². The summed E-state index contributed by atoms with van der Waals surface area (Å²) in [5, 5.41) is 0. The first-order valence-corrected chi connectivity index (χ1v) is 6.85. The first kappa shape index (κ1) is 17.0. The lowest BCUT2D eigenvalue weighted by Crippen LogP contribution is -2.27. The van der Waals surface area contributed by atoms with Gasteiger partial charge < -0.3 is 14.9 Å². The van der Waals surface area contributed by atoms with Gasteiger partial charge in [-0.2, -0.15) is 13.2 Å². The predicted octanol–water partition coefficient (Wildman–Crippen LogP) is 3.30. The van der Waals surface area contributed by atoms with E-state index in [9.17, 15) is 18.0 Å². The Morgan fingerprint density at radius 1 is 1.26 bits per heavy atom. The van der Waals surface area contributed by atoms with Gasteiger partial charge in [-0.05, 0) is 18.4 Å². The maximum Gasteiger partial charge on any atom is 0.490 e. The topological polar surface area (TPSA) is 78.4 Å². The number of esters is 1. The average Bonchev–Trinajstić information content (AvgIpc) is 3.05. The van der Waals surface area contributed by atoms with Crippen LogP contribution in [0, 0.1) is 0 Å². The zero-order chi connectivity index (χ0) is 16.9. The molecule has 1 aromatic heterocycles. The van der Waals surface area contributed by atoms with Gasteiger partial charge in [0.1, 0.15) is 6.26 Å². The molecule has 5 nitrogen and oxygen atoms in total. The molecular weight excluding hydrogens is 313 g/mol. The monoisotopic (exact) mass is 328 g/mol. The van der Waals surface area contributed by atoms with Crippen LogP contribution >= 0.6 is 0 Å². The Morgan fingerprint density at radius 2 is 1.96 bits per heavy atom. The second kappa shape index (κ2) is 7.28. The summed E-state index contributed by atoms with van der Waals surface area (Å²) in [6.07, 6.45) is -3.51. The number of oxazole rings is 1. The number of hydrogen-bond donors (Lipinski definition) is 1. The standard InChI is InChI=1S/C15H15F3N2O3/c16-15(17,18)14(21)23-12(13-20-8-9-22-13)7-6-11(19)10-4-2-1-3-5-10/h1-5,8-9,11-12H,6-7,19H2. The molecule has 2 atom stereocenters. The maximum atomic E-state index is 12.4. The van der Waals surface area contributed by atoms with Gasteiger partial charge in [0.15, 0.2) is 6.10 Å². The number of carbonyl (C=O) groups is 1. The van der Waals surface area contributed by atoms with Crippen molar-refractivity contribution < 1.29 is 27.1 Å². The molecule has 0 aliphatic heterocycles. The van der Waals surface area contributed by atoms with Gasteiger partial charge in [0.25, 0.3) is 0 Å². The van der Waals surface area contributed by atoms with Crippen LogP contribution in [-0.4, -0.2) is 17.1 Å². The molecule has 2 aromatic rings. The molecule has 0 aliphatic carbocycles. The van der Waals surface area contributed by atoms with E-state index in [-0.39, 0.29) is 12.3 Å². The lowest BCUT2D eigenvalue weighted by Gasteiger charge is -2.18. The summed E-state index contributed by atoms with van der Waals surface area (Å²) in [6, 6.07) is 8.67. The van der Waals surface area contributed by atoms with Crippen molar-refractivity contribution in [3.63, 3.8) is 0 Å². The number of benzene rings is 1. The summed E-state index contributed by atoms with van der Waals surface area (Å²) < 4.78 is 46.5. The SMILES string of the molecule is NC(CCC(OC(=O)C(F)(F)F)c1ncco1)c1ccccc1. The molecule has 124 valence electrons. The Hall–Kier alpha value is -2.35. The molecule has 1 heterocycles. The van der Waals surface area contributed by atoms with Crippen molar-refractivity contribution >= 4 is 5.97 Å². The van der Waals surface area contributed by atoms with Gasteiger partial charge >= 0.3 is 12.1 Å². The minimum atomic E-state index is -5.08. The largest absolute Gasteiger partial charge is 0.490 e. The molecule has 1 aromatic carbocycles. The highest BCUT2D eigenvalue weighted by atomic mass is 19.4. The van der Waals surface area contributed by atoms with E-state index in [4.69, 9.17) is 10.2 Å². The van der Waals surface area contributed by atoms with E-state index in [1.54, 1.807) is 0 Å². The minimum absolute atomic E-state index is 0.0540. The number of aromatic nitrogens is 1. The van der Waals surface area contributed by atoms with E-state index in [0.29, 0.717) is 6.42 Å². The number of hydrogen-bond acceptors (Lipinski definition) is 5. The van der Waals surface area contributed by atoms with Gasteiger partial charge in [0, 0.05) is 6.04 Å². The molecule has 2 N–H and O–H groups in total. The number of alkyl halides is 3. The van der Waals surface area contributed by atoms with Crippen molar-refractivity contribution in [1.82, 2.24) is 4.98 Å². The number of nitrogens with zero attached hydrogens (tertiary/aromatic N) is 1. The normalized spacial score (nSPS) is 14.3. The molecule has 8 heteroatoms. The molecule has 2 rings (SSSR count). The number of halogens is 3. The fourth-order valence-corrected chi connectivity index (χ4v) is 2.02. The lowest BCUT2D eigenvalue weighted by molar-refractivity contribution is -0.206. The van der Waals surface area contributed by atoms with Crippen molar-refractivity contribution in [3.05, 3.63) is 54.2 Å². The summed E-state index contributed by atoms with van der Waals surface area (Å²) in [7, 11) is 0. The van der Waals surface area contributed by atoms with Crippen LogP contribution in [0.25, 0.3) is 0 Å². The highest BCUT2D eigenvalue weighted by Gasteiger charge is 2.43. The number of nitrogens with two attached hydrogens (primary N) is 1. The molecule has 0 aliphatic rings. The van der Waals surface area contributed by atoms with Crippen molar-refractivity contribution in [1.29, 1.82) is 0 Å². The molecule has 0 amide bonds. The van der Waals surface area contributed by atoms with E-state index in [2.05, 4.69) is 9.72 Å². The molecule has 0 fully saturated rings. The third-order valence-corrected chi connectivity index (χ3v) is 3.18. The van der Waals surface area contributed by atoms with Gasteiger partial charge in [0.05, 0.1) is 6.20 Å². The minimum Gasteiger partial charge on any atom is -0.446 e. The molecule has 0 radical (unpaired) electrons. The molecule has 0 saturated heterocycles. The summed E-state index contributed by atoms with van der Waals surface area (Å²) in [5.41, 5.74) is 6.83. The molecule has 0 bridgehead atoms. The van der Waals surface area contributed by atoms with Crippen LogP contribution in [0.4, 0.5) is 13.2 Å². The van der Waals surface area contributed by atoms with Crippen LogP contribution in [0.3, 0.4) is 0 Å². The average molecular weight is 328 g/mol. The third kappa shape index (κ3) is 4.82. The zero-order valence-corrected chi connectivity index (χ0v) is 12.0. The number of carbonyl (C=O) groups excluding carboxylic acids is 1. The van der Waals surface area contributed by atoms with Gasteiger partial charge in [-0.3, -0.25) is 0 Å². The first-order valence-electron chi connectivity index (χ1n) is 6.85. The van der Waals surface area contributed by atoms with Crippen molar-refractivity contribution in [2.75, 3.05) is 0 Å². The van der Waals surface area contributed by atoms with Crippen LogP contribution in [0.5, 0.6) is 0 Å². The second-order valence-corrected chi connectivity index (χ2v) is 4.86. The molecule has 0 spiro atoms. The van der Waals surface area contributed by atoms with Crippen molar-refractivity contribution in [2.45, 2.75) is 31.2 Å². The number of ether oxygens (including phenoxy) is 1. The Bertz CT molecular complexity index is 615. The smallest absolute Gasteiger partial charge is 0.446 e. The Labute approximate surface area is 130 Å². The van der Waals surface area contributed by atoms with Crippen molar-refractivity contribution in [2.24, 2.45) is 5.73 Å². The Balaban J connectivity index is 2.02. The summed E-state index contributed by atoms with van der Waals surface area (Å²) in [4.78, 5) is 14.8. The molecule has 2 unspecified atom stereocenters. The third-order valence-electron chi connectivity index (χ3n) is 3.18. The second-order valence-electron chi connectivity index (χ2n) is 4.86. The fourth-order valence-electron chi connectivity index (χ4n) is 2.02. The van der Waals surface area contributed by atoms with Crippen LogP contribution in [0.15, 0.2) is 47.2 Å². The highest BCUT2D eigenvalue weighted by Crippen LogP contribution is 2.28. The van der Waals surface area contributed by atoms with Gasteiger partial charge in [0.2, 0.25) is 5.89 Å². The van der Waals surface area contributed by atoms with Gasteiger partial charge in [-0.15, -0.1) is 0 Å². The molecule has 23 heavy (non-hydrogen) atoms. The van der Waals surface area contributed by atoms with E-state index >= 15 is 0 Å². The van der Waals surface area contributed by atoms with E-state index < -0.39 is 24.3 Å². The van der Waals surface area contributed by atoms with Crippen LogP contribution in [0.2, 0.25) is 0 Å². The van der Waals surface area contributed by atoms with Crippen LogP contribution in [-0.2, 0) is 9.53 Å². The Morgan fingerprint density at radius 3 is 2.52 bits per heavy atom. The van der Waals surface area contributed by atoms with Crippen LogP contribution in [0.1, 0.15) is 36.4 Å². The van der Waals surface area contributed by atoms with E-state index in [1.165, 1.54) is 12.5 Å². The quantitative estimate of drug-likeness (QED) is 0.823. The predicted molar refractivity (Wildman–Crippen MR) is 74.0 cm³/mol. The Kier molecular flexibility index (Phi) is 5.38. The van der Waals surface area contributed by atoms with Gasteiger partial charge in [-0.25, -0.2) is 9.78 Å².